The van der Waals surface area contributed by atoms with Crippen molar-refractivity contribution in [2.45, 2.75) is 89.3 Å². The third-order valence-electron chi connectivity index (χ3n) is 7.71. The van der Waals surface area contributed by atoms with Gasteiger partial charge in [0.05, 0.1) is 28.8 Å². The normalized spacial score (nSPS) is 30.5. The largest absolute Gasteiger partial charge is 0.378 e. The Morgan fingerprint density at radius 1 is 1.26 bits per heavy atom. The van der Waals surface area contributed by atoms with Crippen LogP contribution in [-0.2, 0) is 19.9 Å². The van der Waals surface area contributed by atoms with Crippen molar-refractivity contribution < 1.29 is 23.1 Å². The number of hydrogen-bond acceptors (Lipinski definition) is 4. The molecule has 3 atom stereocenters. The van der Waals surface area contributed by atoms with Crippen molar-refractivity contribution in [2.75, 3.05) is 11.9 Å². The Hall–Kier alpha value is -2.26. The summed E-state index contributed by atoms with van der Waals surface area (Å²) in [5.74, 6) is -3.23. The molecule has 10 heteroatoms. The first-order chi connectivity index (χ1) is 16.3. The van der Waals surface area contributed by atoms with E-state index in [4.69, 9.17) is 21.7 Å². The molecule has 1 aromatic carbocycles. The number of ether oxygens (including phenoxy) is 1. The Balaban J connectivity index is 1.52. The molecule has 1 aromatic rings. The van der Waals surface area contributed by atoms with Crippen molar-refractivity contribution in [3.05, 3.63) is 28.8 Å². The number of anilines is 1. The first kappa shape index (κ1) is 25.8. The zero-order valence-corrected chi connectivity index (χ0v) is 21.1. The van der Waals surface area contributed by atoms with Crippen LogP contribution in [-0.4, -0.2) is 47.3 Å². The minimum absolute atomic E-state index is 0.0176. The van der Waals surface area contributed by atoms with Gasteiger partial charge in [0.2, 0.25) is 17.7 Å². The smallest absolute Gasteiger partial charge is 0.248 e. The fraction of sp³-hybridized carbons (Fsp3) is 0.640. The van der Waals surface area contributed by atoms with E-state index in [1.807, 2.05) is 6.92 Å². The van der Waals surface area contributed by atoms with Gasteiger partial charge in [-0.1, -0.05) is 30.7 Å². The summed E-state index contributed by atoms with van der Waals surface area (Å²) in [6.07, 6.45) is 0.992. The minimum atomic E-state index is -2.73. The molecule has 192 valence electrons. The number of hydrogen-bond donors (Lipinski definition) is 3. The molecule has 4 rings (SSSR count). The lowest BCUT2D eigenvalue weighted by molar-refractivity contribution is -0.135. The van der Waals surface area contributed by atoms with Crippen LogP contribution in [0.3, 0.4) is 0 Å². The number of benzene rings is 1. The molecule has 0 radical (unpaired) electrons. The monoisotopic (exact) mass is 510 g/mol. The summed E-state index contributed by atoms with van der Waals surface area (Å²) in [4.78, 5) is 27.8. The molecule has 0 unspecified atom stereocenters. The molecule has 3 N–H and O–H groups in total. The van der Waals surface area contributed by atoms with Crippen molar-refractivity contribution in [3.63, 3.8) is 0 Å². The Labute approximate surface area is 209 Å². The minimum Gasteiger partial charge on any atom is -0.378 e. The van der Waals surface area contributed by atoms with Crippen LogP contribution in [0.2, 0.25) is 5.02 Å². The van der Waals surface area contributed by atoms with Crippen LogP contribution >= 0.6 is 11.6 Å². The lowest BCUT2D eigenvalue weighted by atomic mass is 9.73. The Kier molecular flexibility index (Phi) is 6.87. The van der Waals surface area contributed by atoms with Crippen molar-refractivity contribution in [1.29, 1.82) is 5.41 Å². The number of amides is 2. The zero-order chi connectivity index (χ0) is 25.6. The molecule has 2 heterocycles. The van der Waals surface area contributed by atoms with Gasteiger partial charge in [0.25, 0.3) is 0 Å². The van der Waals surface area contributed by atoms with E-state index >= 15 is 0 Å². The van der Waals surface area contributed by atoms with Gasteiger partial charge >= 0.3 is 0 Å². The number of guanidine groups is 1. The number of nitrogens with zero attached hydrogens (tertiary/aromatic N) is 1. The summed E-state index contributed by atoms with van der Waals surface area (Å²) in [5, 5.41) is 14.8. The number of rotatable bonds is 4. The van der Waals surface area contributed by atoms with Gasteiger partial charge in [-0.05, 0) is 51.2 Å². The molecule has 1 saturated carbocycles. The van der Waals surface area contributed by atoms with Crippen LogP contribution in [0.25, 0.3) is 0 Å². The first-order valence-electron chi connectivity index (χ1n) is 12.1. The summed E-state index contributed by atoms with van der Waals surface area (Å²) in [6, 6.07) is 5.04. The average Bonchev–Trinajstić information content (AvgIpc) is 2.77. The molecule has 2 aliphatic heterocycles. The van der Waals surface area contributed by atoms with E-state index < -0.39 is 16.9 Å². The molecule has 0 bridgehead atoms. The first-order valence-corrected chi connectivity index (χ1v) is 12.5. The fourth-order valence-electron chi connectivity index (χ4n) is 5.36. The van der Waals surface area contributed by atoms with Crippen LogP contribution in [0.4, 0.5) is 14.5 Å². The van der Waals surface area contributed by atoms with E-state index in [0.29, 0.717) is 30.7 Å². The zero-order valence-electron chi connectivity index (χ0n) is 20.3. The Morgan fingerprint density at radius 3 is 2.57 bits per heavy atom. The van der Waals surface area contributed by atoms with Crippen LogP contribution in [0, 0.1) is 10.8 Å². The van der Waals surface area contributed by atoms with Gasteiger partial charge in [0.1, 0.15) is 0 Å². The maximum absolute atomic E-state index is 13.6. The van der Waals surface area contributed by atoms with E-state index in [1.54, 1.807) is 32.0 Å². The summed E-state index contributed by atoms with van der Waals surface area (Å²) < 4.78 is 32.8. The van der Waals surface area contributed by atoms with Gasteiger partial charge in [-0.3, -0.25) is 19.9 Å². The van der Waals surface area contributed by atoms with Gasteiger partial charge < -0.3 is 15.4 Å². The van der Waals surface area contributed by atoms with Crippen molar-refractivity contribution >= 4 is 35.1 Å². The molecule has 35 heavy (non-hydrogen) atoms. The topological polar surface area (TPSA) is 94.5 Å². The van der Waals surface area contributed by atoms with Gasteiger partial charge in [-0.2, -0.15) is 0 Å². The maximum Gasteiger partial charge on any atom is 0.248 e. The molecular weight excluding hydrogens is 478 g/mol. The standard InChI is InChI=1S/C25H33ClF2N4O3/c1-15-13-16(7-12-35-15)32-19(33)14-24(3,31-22(32)29)17-5-4-6-18(20(17)26)30-21(34)23(2)8-10-25(27,28)11-9-23/h4-6,15-16H,7-14H2,1-3H3,(H2,29,31)(H,30,34)/t15-,16-,24+/m1/s1. The van der Waals surface area contributed by atoms with Crippen LogP contribution in [0.1, 0.15) is 71.3 Å². The molecule has 2 saturated heterocycles. The molecule has 0 spiro atoms. The van der Waals surface area contributed by atoms with Crippen LogP contribution < -0.4 is 10.6 Å². The predicted molar refractivity (Wildman–Crippen MR) is 130 cm³/mol. The summed E-state index contributed by atoms with van der Waals surface area (Å²) in [5.41, 5.74) is -0.922. The summed E-state index contributed by atoms with van der Waals surface area (Å²) in [7, 11) is 0. The molecule has 3 fully saturated rings. The molecule has 7 nitrogen and oxygen atoms in total. The highest BCUT2D eigenvalue weighted by Crippen LogP contribution is 2.45. The van der Waals surface area contributed by atoms with E-state index in [0.717, 1.165) is 0 Å². The predicted octanol–water partition coefficient (Wildman–Crippen LogP) is 5.03. The van der Waals surface area contributed by atoms with Crippen LogP contribution in [0.15, 0.2) is 18.2 Å². The molecule has 3 aliphatic rings. The highest BCUT2D eigenvalue weighted by Gasteiger charge is 2.46. The summed E-state index contributed by atoms with van der Waals surface area (Å²) in [6.45, 7) is 6.01. The third kappa shape index (κ3) is 5.16. The van der Waals surface area contributed by atoms with Crippen molar-refractivity contribution in [1.82, 2.24) is 10.2 Å². The Morgan fingerprint density at radius 2 is 1.94 bits per heavy atom. The third-order valence-corrected chi connectivity index (χ3v) is 8.11. The van der Waals surface area contributed by atoms with E-state index in [1.165, 1.54) is 4.90 Å². The maximum atomic E-state index is 13.6. The number of carbonyl (C=O) groups excluding carboxylic acids is 2. The number of nitrogens with one attached hydrogen (secondary N) is 3. The fourth-order valence-corrected chi connectivity index (χ4v) is 5.74. The second-order valence-electron chi connectivity index (χ2n) is 10.6. The number of alkyl halides is 2. The lowest BCUT2D eigenvalue weighted by Crippen LogP contribution is -2.63. The van der Waals surface area contributed by atoms with E-state index in [9.17, 15) is 18.4 Å². The van der Waals surface area contributed by atoms with E-state index in [2.05, 4.69) is 10.6 Å². The van der Waals surface area contributed by atoms with Crippen molar-refractivity contribution in [2.24, 2.45) is 5.41 Å². The quantitative estimate of drug-likeness (QED) is 0.529. The average molecular weight is 511 g/mol. The van der Waals surface area contributed by atoms with Crippen LogP contribution in [0.5, 0.6) is 0 Å². The van der Waals surface area contributed by atoms with Gasteiger partial charge in [0.15, 0.2) is 5.96 Å². The van der Waals surface area contributed by atoms with Gasteiger partial charge in [-0.15, -0.1) is 0 Å². The molecule has 2 amide bonds. The second kappa shape index (κ2) is 9.32. The summed E-state index contributed by atoms with van der Waals surface area (Å²) >= 11 is 6.72. The van der Waals surface area contributed by atoms with Crippen molar-refractivity contribution in [3.8, 4) is 0 Å². The second-order valence-corrected chi connectivity index (χ2v) is 11.0. The lowest BCUT2D eigenvalue weighted by Gasteiger charge is -2.45. The number of carbonyl (C=O) groups is 2. The molecule has 0 aromatic heterocycles. The number of halogens is 3. The van der Waals surface area contributed by atoms with E-state index in [-0.39, 0.29) is 67.0 Å². The van der Waals surface area contributed by atoms with Gasteiger partial charge in [0, 0.05) is 30.9 Å². The molecule has 1 aliphatic carbocycles. The highest BCUT2D eigenvalue weighted by molar-refractivity contribution is 6.34. The SMILES string of the molecule is C[C@@H]1C[C@H](N2C(=N)N[C@](C)(c3cccc(NC(=O)C4(C)CCC(F)(F)CC4)c3Cl)CC2=O)CCO1. The van der Waals surface area contributed by atoms with Gasteiger partial charge in [-0.25, -0.2) is 8.78 Å². The Bertz CT molecular complexity index is 1010. The highest BCUT2D eigenvalue weighted by atomic mass is 35.5. The molecular formula is C25H33ClF2N4O3.